The standard InChI is InChI=1S/C22H25NO5/c1-3-4-5-10-21(25)23-17-13-11-16(12-14-17)19(24)15-28-22(26)18-8-6-7-9-20(18)27-2/h6-9,11-14H,3-5,10,15H2,1-2H3,(H,23,25). The molecule has 28 heavy (non-hydrogen) atoms. The lowest BCUT2D eigenvalue weighted by Gasteiger charge is -2.09. The van der Waals surface area contributed by atoms with Gasteiger partial charge in [0.15, 0.2) is 12.4 Å². The van der Waals surface area contributed by atoms with Gasteiger partial charge in [0.1, 0.15) is 11.3 Å². The Balaban J connectivity index is 1.87. The van der Waals surface area contributed by atoms with Gasteiger partial charge < -0.3 is 14.8 Å². The van der Waals surface area contributed by atoms with Crippen LogP contribution in [0, 0.1) is 0 Å². The molecule has 0 aliphatic rings. The number of ether oxygens (including phenoxy) is 2. The van der Waals surface area contributed by atoms with Gasteiger partial charge >= 0.3 is 5.97 Å². The van der Waals surface area contributed by atoms with Gasteiger partial charge in [-0.25, -0.2) is 4.79 Å². The summed E-state index contributed by atoms with van der Waals surface area (Å²) in [5.74, 6) is -0.608. The number of rotatable bonds is 10. The van der Waals surface area contributed by atoms with Gasteiger partial charge in [-0.3, -0.25) is 9.59 Å². The molecule has 6 nitrogen and oxygen atoms in total. The summed E-state index contributed by atoms with van der Waals surface area (Å²) in [6.07, 6.45) is 3.42. The number of hydrogen-bond donors (Lipinski definition) is 1. The molecule has 0 atom stereocenters. The first kappa shape index (κ1) is 21.2. The van der Waals surface area contributed by atoms with Gasteiger partial charge in [-0.05, 0) is 42.8 Å². The summed E-state index contributed by atoms with van der Waals surface area (Å²) in [5.41, 5.74) is 1.29. The number of amides is 1. The minimum atomic E-state index is -0.623. The maximum absolute atomic E-state index is 12.2. The first-order valence-electron chi connectivity index (χ1n) is 9.28. The molecule has 2 rings (SSSR count). The molecule has 148 valence electrons. The molecular formula is C22H25NO5. The van der Waals surface area contributed by atoms with Crippen molar-refractivity contribution in [3.63, 3.8) is 0 Å². The topological polar surface area (TPSA) is 81.7 Å². The predicted octanol–water partition coefficient (Wildman–Crippen LogP) is 4.25. The molecule has 0 aliphatic heterocycles. The number of para-hydroxylation sites is 1. The Morgan fingerprint density at radius 1 is 0.964 bits per heavy atom. The molecule has 0 unspecified atom stereocenters. The number of Topliss-reactive ketones (excluding diaryl/α,β-unsaturated/α-hetero) is 1. The molecule has 0 aromatic heterocycles. The number of methoxy groups -OCH3 is 1. The van der Waals surface area contributed by atoms with E-state index in [2.05, 4.69) is 12.2 Å². The molecule has 0 bridgehead atoms. The molecule has 0 saturated heterocycles. The Bertz CT molecular complexity index is 814. The maximum atomic E-state index is 12.2. The van der Waals surface area contributed by atoms with Crippen LogP contribution in [-0.4, -0.2) is 31.4 Å². The minimum absolute atomic E-state index is 0.0433. The number of hydrogen-bond acceptors (Lipinski definition) is 5. The largest absolute Gasteiger partial charge is 0.496 e. The molecule has 0 spiro atoms. The minimum Gasteiger partial charge on any atom is -0.496 e. The highest BCUT2D eigenvalue weighted by atomic mass is 16.5. The van der Waals surface area contributed by atoms with Crippen molar-refractivity contribution in [3.8, 4) is 5.75 Å². The van der Waals surface area contributed by atoms with E-state index in [-0.39, 0.29) is 23.9 Å². The first-order valence-corrected chi connectivity index (χ1v) is 9.28. The number of carbonyl (C=O) groups excluding carboxylic acids is 3. The molecule has 0 aliphatic carbocycles. The van der Waals surface area contributed by atoms with Gasteiger partial charge in [0.2, 0.25) is 5.91 Å². The van der Waals surface area contributed by atoms with Gasteiger partial charge in [-0.2, -0.15) is 0 Å². The van der Waals surface area contributed by atoms with E-state index in [1.807, 2.05) is 0 Å². The lowest BCUT2D eigenvalue weighted by Crippen LogP contribution is -2.15. The van der Waals surface area contributed by atoms with Crippen LogP contribution in [0.25, 0.3) is 0 Å². The summed E-state index contributed by atoms with van der Waals surface area (Å²) in [6.45, 7) is 1.71. The third-order valence-corrected chi connectivity index (χ3v) is 4.16. The van der Waals surface area contributed by atoms with Crippen LogP contribution in [0.2, 0.25) is 0 Å². The summed E-state index contributed by atoms with van der Waals surface area (Å²) < 4.78 is 10.2. The average molecular weight is 383 g/mol. The van der Waals surface area contributed by atoms with Crippen molar-refractivity contribution >= 4 is 23.3 Å². The number of unbranched alkanes of at least 4 members (excludes halogenated alkanes) is 2. The lowest BCUT2D eigenvalue weighted by atomic mass is 10.1. The fraction of sp³-hybridized carbons (Fsp3) is 0.318. The summed E-state index contributed by atoms with van der Waals surface area (Å²) >= 11 is 0. The Hall–Kier alpha value is -3.15. The van der Waals surface area contributed by atoms with Gasteiger partial charge in [0, 0.05) is 17.7 Å². The van der Waals surface area contributed by atoms with Crippen molar-refractivity contribution in [1.82, 2.24) is 0 Å². The predicted molar refractivity (Wildman–Crippen MR) is 107 cm³/mol. The number of anilines is 1. The normalized spacial score (nSPS) is 10.2. The van der Waals surface area contributed by atoms with Crippen molar-refractivity contribution in [3.05, 3.63) is 59.7 Å². The number of nitrogens with one attached hydrogen (secondary N) is 1. The summed E-state index contributed by atoms with van der Waals surface area (Å²) in [5, 5.41) is 2.80. The van der Waals surface area contributed by atoms with E-state index < -0.39 is 5.97 Å². The van der Waals surface area contributed by atoms with Crippen LogP contribution in [-0.2, 0) is 9.53 Å². The molecular weight excluding hydrogens is 358 g/mol. The zero-order chi connectivity index (χ0) is 20.4. The molecule has 1 N–H and O–H groups in total. The number of ketones is 1. The molecule has 0 saturated carbocycles. The molecule has 6 heteroatoms. The SMILES string of the molecule is CCCCCC(=O)Nc1ccc(C(=O)COC(=O)c2ccccc2OC)cc1. The number of carbonyl (C=O) groups is 3. The second-order valence-corrected chi connectivity index (χ2v) is 6.28. The summed E-state index contributed by atoms with van der Waals surface area (Å²) in [6, 6.07) is 13.2. The third kappa shape index (κ3) is 6.23. The van der Waals surface area contributed by atoms with Crippen molar-refractivity contribution in [2.24, 2.45) is 0 Å². The smallest absolute Gasteiger partial charge is 0.342 e. The van der Waals surface area contributed by atoms with Gasteiger partial charge in [-0.1, -0.05) is 31.9 Å². The monoisotopic (exact) mass is 383 g/mol. The second-order valence-electron chi connectivity index (χ2n) is 6.28. The summed E-state index contributed by atoms with van der Waals surface area (Å²) in [4.78, 5) is 36.2. The van der Waals surface area contributed by atoms with E-state index in [0.29, 0.717) is 23.4 Å². The van der Waals surface area contributed by atoms with E-state index >= 15 is 0 Å². The highest BCUT2D eigenvalue weighted by Gasteiger charge is 2.15. The number of benzene rings is 2. The van der Waals surface area contributed by atoms with Crippen molar-refractivity contribution < 1.29 is 23.9 Å². The highest BCUT2D eigenvalue weighted by Crippen LogP contribution is 2.18. The fourth-order valence-electron chi connectivity index (χ4n) is 2.60. The Morgan fingerprint density at radius 3 is 2.36 bits per heavy atom. The van der Waals surface area contributed by atoms with E-state index in [1.165, 1.54) is 7.11 Å². The van der Waals surface area contributed by atoms with E-state index in [9.17, 15) is 14.4 Å². The molecule has 0 fully saturated rings. The first-order chi connectivity index (χ1) is 13.5. The number of esters is 1. The molecule has 2 aromatic carbocycles. The van der Waals surface area contributed by atoms with Gasteiger partial charge in [0.25, 0.3) is 0 Å². The Kier molecular flexibility index (Phi) is 8.21. The van der Waals surface area contributed by atoms with Gasteiger partial charge in [-0.15, -0.1) is 0 Å². The van der Waals surface area contributed by atoms with Crippen molar-refractivity contribution in [1.29, 1.82) is 0 Å². The van der Waals surface area contributed by atoms with E-state index in [0.717, 1.165) is 19.3 Å². The highest BCUT2D eigenvalue weighted by molar-refractivity contribution is 6.00. The lowest BCUT2D eigenvalue weighted by molar-refractivity contribution is -0.116. The van der Waals surface area contributed by atoms with Crippen molar-refractivity contribution in [2.75, 3.05) is 19.0 Å². The summed E-state index contributed by atoms with van der Waals surface area (Å²) in [7, 11) is 1.46. The third-order valence-electron chi connectivity index (χ3n) is 4.16. The molecule has 1 amide bonds. The van der Waals surface area contributed by atoms with Crippen LogP contribution in [0.15, 0.2) is 48.5 Å². The Morgan fingerprint density at radius 2 is 1.68 bits per heavy atom. The van der Waals surface area contributed by atoms with Crippen LogP contribution < -0.4 is 10.1 Å². The molecule has 0 radical (unpaired) electrons. The van der Waals surface area contributed by atoms with Crippen LogP contribution >= 0.6 is 0 Å². The van der Waals surface area contributed by atoms with Gasteiger partial charge in [0.05, 0.1) is 7.11 Å². The fourth-order valence-corrected chi connectivity index (χ4v) is 2.60. The molecule has 2 aromatic rings. The molecule has 0 heterocycles. The Labute approximate surface area is 164 Å². The van der Waals surface area contributed by atoms with Crippen molar-refractivity contribution in [2.45, 2.75) is 32.6 Å². The van der Waals surface area contributed by atoms with E-state index in [4.69, 9.17) is 9.47 Å². The maximum Gasteiger partial charge on any atom is 0.342 e. The van der Waals surface area contributed by atoms with E-state index in [1.54, 1.807) is 48.5 Å². The second kappa shape index (κ2) is 10.9. The van der Waals surface area contributed by atoms with Crippen LogP contribution in [0.5, 0.6) is 5.75 Å². The van der Waals surface area contributed by atoms with Crippen LogP contribution in [0.3, 0.4) is 0 Å². The van der Waals surface area contributed by atoms with Crippen LogP contribution in [0.4, 0.5) is 5.69 Å². The zero-order valence-electron chi connectivity index (χ0n) is 16.2. The quantitative estimate of drug-likeness (QED) is 0.377. The van der Waals surface area contributed by atoms with Crippen LogP contribution in [0.1, 0.15) is 53.3 Å². The average Bonchev–Trinajstić information content (AvgIpc) is 2.72. The zero-order valence-corrected chi connectivity index (χ0v) is 16.2.